The van der Waals surface area contributed by atoms with E-state index in [1.165, 1.54) is 6.92 Å². The van der Waals surface area contributed by atoms with Gasteiger partial charge in [-0.2, -0.15) is 0 Å². The molecule has 0 N–H and O–H groups in total. The molecule has 0 bridgehead atoms. The normalized spacial score (nSPS) is 11.6. The molecule has 2 heteroatoms. The zero-order chi connectivity index (χ0) is 13.4. The molecule has 0 saturated carbocycles. The third-order valence-corrected chi connectivity index (χ3v) is 2.30. The summed E-state index contributed by atoms with van der Waals surface area (Å²) in [5.41, 5.74) is 2.22. The van der Waals surface area contributed by atoms with Gasteiger partial charge in [-0.05, 0) is 36.6 Å². The first-order valence-corrected chi connectivity index (χ1v) is 5.90. The molecule has 0 aliphatic heterocycles. The second kappa shape index (κ2) is 7.28. The quantitative estimate of drug-likeness (QED) is 0.335. The minimum absolute atomic E-state index is 0.307. The SMILES string of the molecule is C=CC/C=C(\C=C/C)c1ccc(OC(C)=O)cc1. The minimum Gasteiger partial charge on any atom is -0.427 e. The van der Waals surface area contributed by atoms with Crippen LogP contribution in [0.5, 0.6) is 5.75 Å². The van der Waals surface area contributed by atoms with Gasteiger partial charge in [0.05, 0.1) is 0 Å². The highest BCUT2D eigenvalue weighted by Gasteiger charge is 2.00. The first-order valence-electron chi connectivity index (χ1n) is 5.90. The lowest BCUT2D eigenvalue weighted by molar-refractivity contribution is -0.131. The summed E-state index contributed by atoms with van der Waals surface area (Å²) in [6.07, 6.45) is 8.83. The zero-order valence-electron chi connectivity index (χ0n) is 10.8. The van der Waals surface area contributed by atoms with E-state index < -0.39 is 0 Å². The molecule has 0 amide bonds. The Morgan fingerprint density at radius 2 is 2.00 bits per heavy atom. The molecular weight excluding hydrogens is 224 g/mol. The van der Waals surface area contributed by atoms with E-state index in [2.05, 4.69) is 12.7 Å². The lowest BCUT2D eigenvalue weighted by atomic mass is 10.0. The van der Waals surface area contributed by atoms with E-state index in [9.17, 15) is 4.79 Å². The highest BCUT2D eigenvalue weighted by Crippen LogP contribution is 2.20. The summed E-state index contributed by atoms with van der Waals surface area (Å²) in [6.45, 7) is 7.08. The Morgan fingerprint density at radius 3 is 2.50 bits per heavy atom. The van der Waals surface area contributed by atoms with E-state index >= 15 is 0 Å². The standard InChI is InChI=1S/C16H18O2/c1-4-6-8-14(7-5-2)15-9-11-16(12-10-15)18-13(3)17/h4-5,7-12H,1,6H2,2-3H3/b7-5-,14-8+. The molecule has 1 rings (SSSR count). The maximum Gasteiger partial charge on any atom is 0.308 e. The van der Waals surface area contributed by atoms with Gasteiger partial charge in [-0.1, -0.05) is 36.4 Å². The fraction of sp³-hybridized carbons (Fsp3) is 0.188. The molecule has 0 spiro atoms. The van der Waals surface area contributed by atoms with Gasteiger partial charge < -0.3 is 4.74 Å². The Morgan fingerprint density at radius 1 is 1.33 bits per heavy atom. The molecule has 0 unspecified atom stereocenters. The van der Waals surface area contributed by atoms with Crippen molar-refractivity contribution < 1.29 is 9.53 Å². The van der Waals surface area contributed by atoms with Gasteiger partial charge in [0.15, 0.2) is 0 Å². The van der Waals surface area contributed by atoms with E-state index in [4.69, 9.17) is 4.74 Å². The molecule has 0 aliphatic rings. The van der Waals surface area contributed by atoms with Crippen molar-refractivity contribution in [2.45, 2.75) is 20.3 Å². The fourth-order valence-electron chi connectivity index (χ4n) is 1.55. The van der Waals surface area contributed by atoms with Crippen LogP contribution in [0.1, 0.15) is 25.8 Å². The number of hydrogen-bond acceptors (Lipinski definition) is 2. The van der Waals surface area contributed by atoms with Crippen molar-refractivity contribution in [2.75, 3.05) is 0 Å². The Kier molecular flexibility index (Phi) is 5.65. The second-order valence-corrected chi connectivity index (χ2v) is 3.80. The predicted molar refractivity (Wildman–Crippen MR) is 75.4 cm³/mol. The van der Waals surface area contributed by atoms with Gasteiger partial charge in [-0.3, -0.25) is 4.79 Å². The highest BCUT2D eigenvalue weighted by atomic mass is 16.5. The highest BCUT2D eigenvalue weighted by molar-refractivity contribution is 5.75. The van der Waals surface area contributed by atoms with Gasteiger partial charge in [0.2, 0.25) is 0 Å². The van der Waals surface area contributed by atoms with Crippen LogP contribution in [0.3, 0.4) is 0 Å². The van der Waals surface area contributed by atoms with Crippen molar-refractivity contribution in [3.63, 3.8) is 0 Å². The lowest BCUT2D eigenvalue weighted by Gasteiger charge is -2.05. The molecule has 0 radical (unpaired) electrons. The summed E-state index contributed by atoms with van der Waals surface area (Å²) in [5, 5.41) is 0. The van der Waals surface area contributed by atoms with Gasteiger partial charge in [-0.25, -0.2) is 0 Å². The van der Waals surface area contributed by atoms with Gasteiger partial charge >= 0.3 is 5.97 Å². The van der Waals surface area contributed by atoms with E-state index in [-0.39, 0.29) is 5.97 Å². The minimum atomic E-state index is -0.307. The largest absolute Gasteiger partial charge is 0.427 e. The Hall–Kier alpha value is -2.09. The van der Waals surface area contributed by atoms with Crippen LogP contribution >= 0.6 is 0 Å². The van der Waals surface area contributed by atoms with E-state index in [1.807, 2.05) is 37.3 Å². The van der Waals surface area contributed by atoms with Crippen molar-refractivity contribution in [1.29, 1.82) is 0 Å². The van der Waals surface area contributed by atoms with Crippen molar-refractivity contribution in [2.24, 2.45) is 0 Å². The molecule has 1 aromatic carbocycles. The molecule has 94 valence electrons. The summed E-state index contributed by atoms with van der Waals surface area (Å²) in [6, 6.07) is 7.46. The van der Waals surface area contributed by atoms with Gasteiger partial charge in [0.1, 0.15) is 5.75 Å². The number of esters is 1. The number of ether oxygens (including phenoxy) is 1. The first kappa shape index (κ1) is 14.0. The van der Waals surface area contributed by atoms with E-state index in [1.54, 1.807) is 12.1 Å². The maximum absolute atomic E-state index is 10.8. The van der Waals surface area contributed by atoms with Crippen molar-refractivity contribution >= 4 is 11.5 Å². The molecule has 18 heavy (non-hydrogen) atoms. The van der Waals surface area contributed by atoms with Crippen LogP contribution in [0.4, 0.5) is 0 Å². The molecule has 0 saturated heterocycles. The fourth-order valence-corrected chi connectivity index (χ4v) is 1.55. The molecule has 0 aromatic heterocycles. The van der Waals surface area contributed by atoms with Crippen molar-refractivity contribution in [3.05, 3.63) is 60.7 Å². The lowest BCUT2D eigenvalue weighted by Crippen LogP contribution is -2.00. The van der Waals surface area contributed by atoms with Crippen LogP contribution in [0, 0.1) is 0 Å². The number of carbonyl (C=O) groups is 1. The Bertz CT molecular complexity index is 464. The van der Waals surface area contributed by atoms with Crippen molar-refractivity contribution in [3.8, 4) is 5.75 Å². The Balaban J connectivity index is 2.93. The first-order chi connectivity index (χ1) is 8.67. The maximum atomic E-state index is 10.8. The summed E-state index contributed by atoms with van der Waals surface area (Å²) in [7, 11) is 0. The second-order valence-electron chi connectivity index (χ2n) is 3.80. The van der Waals surface area contributed by atoms with Gasteiger partial charge in [0.25, 0.3) is 0 Å². The average Bonchev–Trinajstić information content (AvgIpc) is 2.35. The summed E-state index contributed by atoms with van der Waals surface area (Å²) in [5.74, 6) is 0.258. The summed E-state index contributed by atoms with van der Waals surface area (Å²) in [4.78, 5) is 10.8. The molecule has 0 heterocycles. The summed E-state index contributed by atoms with van der Waals surface area (Å²) < 4.78 is 5.00. The van der Waals surface area contributed by atoms with Crippen LogP contribution in [0.25, 0.3) is 5.57 Å². The zero-order valence-corrected chi connectivity index (χ0v) is 10.8. The van der Waals surface area contributed by atoms with Crippen LogP contribution < -0.4 is 4.74 Å². The van der Waals surface area contributed by atoms with Crippen LogP contribution in [-0.2, 0) is 4.79 Å². The summed E-state index contributed by atoms with van der Waals surface area (Å²) >= 11 is 0. The van der Waals surface area contributed by atoms with Crippen LogP contribution in [-0.4, -0.2) is 5.97 Å². The average molecular weight is 242 g/mol. The molecule has 2 nitrogen and oxygen atoms in total. The third-order valence-electron chi connectivity index (χ3n) is 2.30. The van der Waals surface area contributed by atoms with Crippen LogP contribution in [0.2, 0.25) is 0 Å². The molecule has 0 fully saturated rings. The Labute approximate surface area is 108 Å². The monoisotopic (exact) mass is 242 g/mol. The van der Waals surface area contributed by atoms with Crippen molar-refractivity contribution in [1.82, 2.24) is 0 Å². The number of hydrogen-bond donors (Lipinski definition) is 0. The van der Waals surface area contributed by atoms with Gasteiger partial charge in [-0.15, -0.1) is 6.58 Å². The smallest absolute Gasteiger partial charge is 0.308 e. The van der Waals surface area contributed by atoms with Gasteiger partial charge in [0, 0.05) is 6.92 Å². The number of allylic oxidation sites excluding steroid dienone is 5. The number of benzene rings is 1. The van der Waals surface area contributed by atoms with E-state index in [0.29, 0.717) is 5.75 Å². The molecule has 0 atom stereocenters. The predicted octanol–water partition coefficient (Wildman–Crippen LogP) is 4.15. The number of carbonyl (C=O) groups excluding carboxylic acids is 1. The molecule has 1 aromatic rings. The molecular formula is C16H18O2. The number of rotatable bonds is 5. The van der Waals surface area contributed by atoms with Crippen LogP contribution in [0.15, 0.2) is 55.1 Å². The topological polar surface area (TPSA) is 26.3 Å². The van der Waals surface area contributed by atoms with E-state index in [0.717, 1.165) is 17.6 Å². The molecule has 0 aliphatic carbocycles. The third kappa shape index (κ3) is 4.42.